The van der Waals surface area contributed by atoms with Crippen LogP contribution >= 0.6 is 34.5 Å². The highest BCUT2D eigenvalue weighted by Gasteiger charge is 2.19. The van der Waals surface area contributed by atoms with Crippen molar-refractivity contribution in [3.63, 3.8) is 0 Å². The summed E-state index contributed by atoms with van der Waals surface area (Å²) in [5, 5.41) is 15.8. The fourth-order valence-electron chi connectivity index (χ4n) is 2.46. The van der Waals surface area contributed by atoms with Crippen molar-refractivity contribution >= 4 is 55.6 Å². The number of hydrogen-bond acceptors (Lipinski definition) is 7. The van der Waals surface area contributed by atoms with E-state index in [0.29, 0.717) is 44.3 Å². The van der Waals surface area contributed by atoms with E-state index < -0.39 is 4.92 Å². The summed E-state index contributed by atoms with van der Waals surface area (Å²) >= 11 is 13.0. The van der Waals surface area contributed by atoms with Crippen molar-refractivity contribution in [2.24, 2.45) is 0 Å². The number of aromatic nitrogens is 4. The Labute approximate surface area is 166 Å². The van der Waals surface area contributed by atoms with Crippen LogP contribution in [0.15, 0.2) is 36.7 Å². The lowest BCUT2D eigenvalue weighted by Gasteiger charge is -2.09. The summed E-state index contributed by atoms with van der Waals surface area (Å²) in [4.78, 5) is 27.2. The van der Waals surface area contributed by atoms with E-state index in [1.54, 1.807) is 24.5 Å². The zero-order valence-corrected chi connectivity index (χ0v) is 15.8. The molecule has 0 bridgehead atoms. The molecular formula is C16H10Cl2N6O2S. The number of aromatic amines is 1. The summed E-state index contributed by atoms with van der Waals surface area (Å²) in [7, 11) is 0. The molecule has 136 valence electrons. The number of thiophene rings is 1. The van der Waals surface area contributed by atoms with E-state index in [-0.39, 0.29) is 5.00 Å². The quantitative estimate of drug-likeness (QED) is 0.350. The maximum absolute atomic E-state index is 11.1. The number of H-pyrrole nitrogens is 1. The van der Waals surface area contributed by atoms with Gasteiger partial charge >= 0.3 is 5.00 Å². The third-order valence-electron chi connectivity index (χ3n) is 3.71. The smallest absolute Gasteiger partial charge is 0.326 e. The summed E-state index contributed by atoms with van der Waals surface area (Å²) in [6, 6.07) is 6.76. The van der Waals surface area contributed by atoms with Gasteiger partial charge in [0.2, 0.25) is 0 Å². The summed E-state index contributed by atoms with van der Waals surface area (Å²) in [5.74, 6) is 1.30. The molecule has 0 fully saturated rings. The van der Waals surface area contributed by atoms with Gasteiger partial charge in [-0.15, -0.1) is 0 Å². The van der Waals surface area contributed by atoms with Crippen molar-refractivity contribution in [3.8, 4) is 11.6 Å². The Kier molecular flexibility index (Phi) is 4.65. The van der Waals surface area contributed by atoms with Gasteiger partial charge in [0, 0.05) is 25.0 Å². The second kappa shape index (κ2) is 7.10. The van der Waals surface area contributed by atoms with Gasteiger partial charge in [0.25, 0.3) is 0 Å². The fourth-order valence-corrected chi connectivity index (χ4v) is 3.63. The van der Waals surface area contributed by atoms with Crippen LogP contribution in [0.2, 0.25) is 10.0 Å². The zero-order valence-electron chi connectivity index (χ0n) is 13.4. The van der Waals surface area contributed by atoms with E-state index in [0.717, 1.165) is 16.9 Å². The van der Waals surface area contributed by atoms with Crippen LogP contribution in [-0.2, 0) is 6.54 Å². The molecule has 0 unspecified atom stereocenters. The second-order valence-corrected chi connectivity index (χ2v) is 7.32. The molecule has 0 aliphatic rings. The van der Waals surface area contributed by atoms with Crippen molar-refractivity contribution in [1.82, 2.24) is 19.9 Å². The van der Waals surface area contributed by atoms with Gasteiger partial charge in [-0.25, -0.2) is 15.0 Å². The number of halogens is 2. The van der Waals surface area contributed by atoms with Crippen LogP contribution in [0.25, 0.3) is 21.9 Å². The Morgan fingerprint density at radius 3 is 2.78 bits per heavy atom. The van der Waals surface area contributed by atoms with E-state index >= 15 is 0 Å². The van der Waals surface area contributed by atoms with Crippen LogP contribution in [0.5, 0.6) is 0 Å². The highest BCUT2D eigenvalue weighted by molar-refractivity contribution is 7.21. The topological polar surface area (TPSA) is 110 Å². The summed E-state index contributed by atoms with van der Waals surface area (Å²) in [6.07, 6.45) is 3.24. The Morgan fingerprint density at radius 2 is 2.07 bits per heavy atom. The minimum absolute atomic E-state index is 0.00603. The molecule has 1 aromatic carbocycles. The molecule has 0 saturated heterocycles. The van der Waals surface area contributed by atoms with Crippen molar-refractivity contribution in [2.75, 3.05) is 5.32 Å². The highest BCUT2D eigenvalue weighted by atomic mass is 35.5. The van der Waals surface area contributed by atoms with Crippen LogP contribution < -0.4 is 5.32 Å². The number of nitrogens with zero attached hydrogens (tertiary/aromatic N) is 4. The van der Waals surface area contributed by atoms with Crippen molar-refractivity contribution in [2.45, 2.75) is 6.54 Å². The van der Waals surface area contributed by atoms with E-state index in [9.17, 15) is 10.1 Å². The highest BCUT2D eigenvalue weighted by Crippen LogP contribution is 2.35. The molecule has 0 amide bonds. The number of hydrogen-bond donors (Lipinski definition) is 2. The fraction of sp³-hybridized carbons (Fsp3) is 0.0625. The number of nitrogens with one attached hydrogen (secondary N) is 2. The molecule has 8 nitrogen and oxygen atoms in total. The first-order valence-electron chi connectivity index (χ1n) is 7.65. The molecule has 11 heteroatoms. The monoisotopic (exact) mass is 420 g/mol. The van der Waals surface area contributed by atoms with Crippen LogP contribution in [0.1, 0.15) is 5.56 Å². The van der Waals surface area contributed by atoms with E-state index in [4.69, 9.17) is 23.2 Å². The van der Waals surface area contributed by atoms with E-state index in [1.165, 1.54) is 6.07 Å². The molecule has 0 radical (unpaired) electrons. The Hall–Kier alpha value is -2.75. The van der Waals surface area contributed by atoms with Gasteiger partial charge in [-0.3, -0.25) is 10.1 Å². The van der Waals surface area contributed by atoms with Crippen LogP contribution in [-0.4, -0.2) is 24.9 Å². The minimum atomic E-state index is -0.443. The van der Waals surface area contributed by atoms with Gasteiger partial charge in [0.05, 0.1) is 20.4 Å². The lowest BCUT2D eigenvalue weighted by Crippen LogP contribution is -2.04. The number of fused-ring (bicyclic) bond motifs is 1. The first kappa shape index (κ1) is 17.7. The van der Waals surface area contributed by atoms with Gasteiger partial charge in [-0.05, 0) is 29.0 Å². The zero-order chi connectivity index (χ0) is 19.0. The molecule has 4 aromatic rings. The number of rotatable bonds is 5. The van der Waals surface area contributed by atoms with Crippen molar-refractivity contribution in [1.29, 1.82) is 0 Å². The molecule has 3 aromatic heterocycles. The normalized spacial score (nSPS) is 11.0. The molecular weight excluding hydrogens is 411 g/mol. The van der Waals surface area contributed by atoms with Crippen LogP contribution in [0.3, 0.4) is 0 Å². The molecule has 0 atom stereocenters. The maximum atomic E-state index is 11.1. The van der Waals surface area contributed by atoms with E-state index in [1.807, 2.05) is 6.07 Å². The summed E-state index contributed by atoms with van der Waals surface area (Å²) < 4.78 is 0. The third-order valence-corrected chi connectivity index (χ3v) is 5.43. The number of imidazole rings is 1. The third kappa shape index (κ3) is 3.57. The number of benzene rings is 1. The molecule has 4 rings (SSSR count). The Balaban J connectivity index is 1.74. The van der Waals surface area contributed by atoms with Gasteiger partial charge in [0.1, 0.15) is 10.6 Å². The largest absolute Gasteiger partial charge is 0.365 e. The second-order valence-electron chi connectivity index (χ2n) is 5.50. The summed E-state index contributed by atoms with van der Waals surface area (Å²) in [6.45, 7) is 0.407. The van der Waals surface area contributed by atoms with Crippen LogP contribution in [0.4, 0.5) is 10.8 Å². The van der Waals surface area contributed by atoms with Gasteiger partial charge in [-0.2, -0.15) is 0 Å². The van der Waals surface area contributed by atoms with Gasteiger partial charge in [0.15, 0.2) is 11.6 Å². The standard InChI is InChI=1S/C16H10Cl2N6O2S/c17-10-2-1-8(5-11(10)18)7-21-13-9-6-12(24(25)26)27-16(9)23-15(22-13)14-19-3-4-20-14/h1-6H,7H2,(H,19,20)(H,21,22,23). The lowest BCUT2D eigenvalue weighted by molar-refractivity contribution is -0.380. The number of anilines is 1. The average molecular weight is 421 g/mol. The molecule has 0 spiro atoms. The molecule has 2 N–H and O–H groups in total. The minimum Gasteiger partial charge on any atom is -0.365 e. The van der Waals surface area contributed by atoms with Gasteiger partial charge < -0.3 is 10.3 Å². The maximum Gasteiger partial charge on any atom is 0.326 e. The van der Waals surface area contributed by atoms with Crippen molar-refractivity contribution in [3.05, 3.63) is 62.4 Å². The lowest BCUT2D eigenvalue weighted by atomic mass is 10.2. The Bertz CT molecular complexity index is 1150. The number of nitro groups is 1. The first-order chi connectivity index (χ1) is 13.0. The SMILES string of the molecule is O=[N+]([O-])c1cc2c(NCc3ccc(Cl)c(Cl)c3)nc(-c3ncc[nH]3)nc2s1. The van der Waals surface area contributed by atoms with Crippen molar-refractivity contribution < 1.29 is 4.92 Å². The average Bonchev–Trinajstić information content (AvgIpc) is 3.31. The molecule has 0 aliphatic heterocycles. The molecule has 0 aliphatic carbocycles. The van der Waals surface area contributed by atoms with Crippen LogP contribution in [0, 0.1) is 10.1 Å². The molecule has 3 heterocycles. The van der Waals surface area contributed by atoms with E-state index in [2.05, 4.69) is 25.3 Å². The molecule has 0 saturated carbocycles. The predicted octanol–water partition coefficient (Wildman–Crippen LogP) is 4.91. The predicted molar refractivity (Wildman–Crippen MR) is 105 cm³/mol. The molecule has 27 heavy (non-hydrogen) atoms. The Morgan fingerprint density at radius 1 is 1.22 bits per heavy atom. The van der Waals surface area contributed by atoms with Gasteiger partial charge in [-0.1, -0.05) is 29.3 Å². The summed E-state index contributed by atoms with van der Waals surface area (Å²) in [5.41, 5.74) is 0.889. The first-order valence-corrected chi connectivity index (χ1v) is 9.22.